The third-order valence-electron chi connectivity index (χ3n) is 3.76. The Morgan fingerprint density at radius 3 is 2.57 bits per heavy atom. The zero-order valence-corrected chi connectivity index (χ0v) is 12.9. The predicted molar refractivity (Wildman–Crippen MR) is 78.6 cm³/mol. The van der Waals surface area contributed by atoms with Crippen LogP contribution in [0.1, 0.15) is 6.42 Å². The van der Waals surface area contributed by atoms with Gasteiger partial charge in [-0.05, 0) is 18.6 Å². The summed E-state index contributed by atoms with van der Waals surface area (Å²) in [6, 6.07) is 5.51. The second-order valence-electron chi connectivity index (χ2n) is 5.26. The summed E-state index contributed by atoms with van der Waals surface area (Å²) in [5.41, 5.74) is -4.53. The van der Waals surface area contributed by atoms with Crippen LogP contribution in [0.25, 0.3) is 5.65 Å². The van der Waals surface area contributed by atoms with Gasteiger partial charge in [-0.3, -0.25) is 0 Å². The van der Waals surface area contributed by atoms with E-state index in [-0.39, 0.29) is 19.6 Å². The number of pyridine rings is 1. The highest BCUT2D eigenvalue weighted by Crippen LogP contribution is 2.28. The fourth-order valence-corrected chi connectivity index (χ4v) is 3.57. The molecule has 3 heterocycles. The number of imidazole rings is 1. The fourth-order valence-electron chi connectivity index (χ4n) is 2.58. The zero-order chi connectivity index (χ0) is 16.7. The van der Waals surface area contributed by atoms with Gasteiger partial charge in [0.25, 0.3) is 0 Å². The number of nitrogens with zero attached hydrogens (tertiary/aromatic N) is 4. The van der Waals surface area contributed by atoms with Gasteiger partial charge in [0.2, 0.25) is 0 Å². The van der Waals surface area contributed by atoms with Crippen LogP contribution in [0.15, 0.2) is 30.6 Å². The molecule has 3 rings (SSSR count). The number of sulfonamides is 1. The monoisotopic (exact) mass is 348 g/mol. The minimum Gasteiger partial charge on any atom is -0.354 e. The molecule has 0 amide bonds. The van der Waals surface area contributed by atoms with E-state index in [4.69, 9.17) is 0 Å². The first kappa shape index (κ1) is 16.1. The summed E-state index contributed by atoms with van der Waals surface area (Å²) in [6.07, 6.45) is 3.91. The quantitative estimate of drug-likeness (QED) is 0.829. The highest BCUT2D eigenvalue weighted by Gasteiger charge is 2.50. The van der Waals surface area contributed by atoms with Crippen molar-refractivity contribution in [2.75, 3.05) is 31.1 Å². The lowest BCUT2D eigenvalue weighted by molar-refractivity contribution is -0.0487. The second-order valence-corrected chi connectivity index (χ2v) is 7.19. The zero-order valence-electron chi connectivity index (χ0n) is 12.1. The van der Waals surface area contributed by atoms with Gasteiger partial charge in [0.05, 0.1) is 6.20 Å². The lowest BCUT2D eigenvalue weighted by Gasteiger charge is -2.22. The smallest absolute Gasteiger partial charge is 0.354 e. The van der Waals surface area contributed by atoms with E-state index >= 15 is 0 Å². The van der Waals surface area contributed by atoms with Crippen LogP contribution in [-0.4, -0.2) is 53.8 Å². The van der Waals surface area contributed by atoms with E-state index < -0.39 is 15.5 Å². The fraction of sp³-hybridized carbons (Fsp3) is 0.462. The molecule has 0 bridgehead atoms. The first-order valence-electron chi connectivity index (χ1n) is 7.04. The summed E-state index contributed by atoms with van der Waals surface area (Å²) in [7, 11) is -5.27. The molecule has 6 nitrogen and oxygen atoms in total. The molecule has 0 spiro atoms. The Balaban J connectivity index is 1.79. The maximum absolute atomic E-state index is 12.7. The van der Waals surface area contributed by atoms with Crippen LogP contribution in [0.5, 0.6) is 0 Å². The van der Waals surface area contributed by atoms with Crippen LogP contribution in [0.2, 0.25) is 0 Å². The van der Waals surface area contributed by atoms with Crippen molar-refractivity contribution in [2.24, 2.45) is 0 Å². The third-order valence-corrected chi connectivity index (χ3v) is 5.39. The molecular weight excluding hydrogens is 333 g/mol. The number of alkyl halides is 3. The van der Waals surface area contributed by atoms with Gasteiger partial charge in [-0.1, -0.05) is 6.07 Å². The standard InChI is InChI=1S/C13H15F3N4O2S/c14-13(15,16)23(21,22)20-7-3-6-18(8-9-20)12-10-19-5-2-1-4-11(19)17-12/h1-2,4-5,10H,3,6-9H2. The molecule has 0 saturated carbocycles. The largest absolute Gasteiger partial charge is 0.511 e. The average Bonchev–Trinajstić information content (AvgIpc) is 2.74. The van der Waals surface area contributed by atoms with Crippen molar-refractivity contribution < 1.29 is 21.6 Å². The number of fused-ring (bicyclic) bond motifs is 1. The third kappa shape index (κ3) is 3.00. The molecule has 1 aliphatic rings. The van der Waals surface area contributed by atoms with E-state index in [1.807, 2.05) is 28.8 Å². The van der Waals surface area contributed by atoms with Crippen molar-refractivity contribution in [2.45, 2.75) is 11.9 Å². The molecule has 0 aliphatic carbocycles. The Bertz CT molecular complexity index is 770. The van der Waals surface area contributed by atoms with Crippen LogP contribution < -0.4 is 4.90 Å². The molecule has 0 radical (unpaired) electrons. The van der Waals surface area contributed by atoms with Gasteiger partial charge >= 0.3 is 15.5 Å². The minimum absolute atomic E-state index is 0.147. The molecule has 126 valence electrons. The Kier molecular flexibility index (Phi) is 3.96. The lowest BCUT2D eigenvalue weighted by atomic mass is 10.4. The highest BCUT2D eigenvalue weighted by molar-refractivity contribution is 7.90. The van der Waals surface area contributed by atoms with Gasteiger partial charge < -0.3 is 9.30 Å². The van der Waals surface area contributed by atoms with Gasteiger partial charge in [0.1, 0.15) is 11.5 Å². The highest BCUT2D eigenvalue weighted by atomic mass is 32.2. The van der Waals surface area contributed by atoms with E-state index in [0.717, 1.165) is 5.65 Å². The molecule has 0 aromatic carbocycles. The van der Waals surface area contributed by atoms with Crippen molar-refractivity contribution >= 4 is 21.5 Å². The first-order chi connectivity index (χ1) is 10.8. The van der Waals surface area contributed by atoms with Crippen LogP contribution in [0.3, 0.4) is 0 Å². The Morgan fingerprint density at radius 1 is 1.09 bits per heavy atom. The number of aromatic nitrogens is 2. The van der Waals surface area contributed by atoms with Crippen molar-refractivity contribution in [3.05, 3.63) is 30.6 Å². The molecule has 0 unspecified atom stereocenters. The second kappa shape index (κ2) is 5.68. The molecule has 1 aliphatic heterocycles. The van der Waals surface area contributed by atoms with Crippen molar-refractivity contribution in [1.82, 2.24) is 13.7 Å². The molecule has 2 aromatic rings. The first-order valence-corrected chi connectivity index (χ1v) is 8.48. The molecule has 2 aromatic heterocycles. The van der Waals surface area contributed by atoms with Gasteiger partial charge in [-0.15, -0.1) is 0 Å². The number of rotatable bonds is 2. The Hall–Kier alpha value is -1.81. The van der Waals surface area contributed by atoms with Crippen molar-refractivity contribution in [3.63, 3.8) is 0 Å². The number of anilines is 1. The van der Waals surface area contributed by atoms with E-state index in [1.165, 1.54) is 0 Å². The SMILES string of the molecule is O=S(=O)(N1CCCN(c2cn3ccccc3n2)CC1)C(F)(F)F. The van der Waals surface area contributed by atoms with E-state index in [2.05, 4.69) is 4.98 Å². The predicted octanol–water partition coefficient (Wildman–Crippen LogP) is 1.70. The average molecular weight is 348 g/mol. The molecule has 23 heavy (non-hydrogen) atoms. The van der Waals surface area contributed by atoms with Crippen LogP contribution >= 0.6 is 0 Å². The molecule has 0 N–H and O–H groups in total. The molecule has 0 atom stereocenters. The van der Waals surface area contributed by atoms with Crippen LogP contribution in [0.4, 0.5) is 19.0 Å². The number of halogens is 3. The topological polar surface area (TPSA) is 57.9 Å². The summed E-state index contributed by atoms with van der Waals surface area (Å²) in [5, 5.41) is 0. The number of hydrogen-bond acceptors (Lipinski definition) is 4. The minimum atomic E-state index is -5.27. The normalized spacial score (nSPS) is 18.3. The Labute approximate surface area is 131 Å². The molecule has 10 heteroatoms. The van der Waals surface area contributed by atoms with E-state index in [1.54, 1.807) is 11.1 Å². The molecule has 1 fully saturated rings. The van der Waals surface area contributed by atoms with Gasteiger partial charge in [-0.2, -0.15) is 17.5 Å². The summed E-state index contributed by atoms with van der Waals surface area (Å²) in [4.78, 5) is 6.22. The maximum Gasteiger partial charge on any atom is 0.511 e. The number of hydrogen-bond donors (Lipinski definition) is 0. The van der Waals surface area contributed by atoms with Crippen molar-refractivity contribution in [3.8, 4) is 0 Å². The van der Waals surface area contributed by atoms with Crippen molar-refractivity contribution in [1.29, 1.82) is 0 Å². The van der Waals surface area contributed by atoms with E-state index in [9.17, 15) is 21.6 Å². The maximum atomic E-state index is 12.7. The van der Waals surface area contributed by atoms with Crippen LogP contribution in [0, 0.1) is 0 Å². The molecule has 1 saturated heterocycles. The summed E-state index contributed by atoms with van der Waals surface area (Å²) in [6.45, 7) is 0.258. The van der Waals surface area contributed by atoms with Crippen LogP contribution in [-0.2, 0) is 10.0 Å². The van der Waals surface area contributed by atoms with Gasteiger partial charge in [-0.25, -0.2) is 13.4 Å². The summed E-state index contributed by atoms with van der Waals surface area (Å²) in [5.74, 6) is 0.627. The molecular formula is C13H15F3N4O2S. The Morgan fingerprint density at radius 2 is 1.87 bits per heavy atom. The van der Waals surface area contributed by atoms with Gasteiger partial charge in [0.15, 0.2) is 0 Å². The summed E-state index contributed by atoms with van der Waals surface area (Å²) < 4.78 is 63.3. The summed E-state index contributed by atoms with van der Waals surface area (Å²) >= 11 is 0. The lowest BCUT2D eigenvalue weighted by Crippen LogP contribution is -2.42. The van der Waals surface area contributed by atoms with E-state index in [0.29, 0.717) is 23.1 Å². The van der Waals surface area contributed by atoms with Gasteiger partial charge in [0, 0.05) is 32.4 Å².